The van der Waals surface area contributed by atoms with Crippen molar-refractivity contribution in [1.82, 2.24) is 14.6 Å². The van der Waals surface area contributed by atoms with Gasteiger partial charge in [-0.2, -0.15) is 5.10 Å². The largest absolute Gasteiger partial charge is 0.476 e. The van der Waals surface area contributed by atoms with Crippen LogP contribution in [0.5, 0.6) is 0 Å². The molecule has 2 aromatic rings. The molecule has 0 saturated heterocycles. The van der Waals surface area contributed by atoms with Crippen LogP contribution >= 0.6 is 0 Å². The molecule has 0 radical (unpaired) electrons. The van der Waals surface area contributed by atoms with Crippen LogP contribution < -0.4 is 0 Å². The van der Waals surface area contributed by atoms with Crippen molar-refractivity contribution >= 4 is 11.6 Å². The summed E-state index contributed by atoms with van der Waals surface area (Å²) in [5.74, 6) is -0.00579. The topological polar surface area (TPSA) is 67.5 Å². The first-order chi connectivity index (χ1) is 10.0. The first kappa shape index (κ1) is 14.0. The summed E-state index contributed by atoms with van der Waals surface area (Å²) >= 11 is 0. The number of carboxylic acids is 1. The molecule has 0 atom stereocenters. The highest BCUT2D eigenvalue weighted by Crippen LogP contribution is 2.28. The number of carbonyl (C=O) groups is 1. The Balaban J connectivity index is 2.03. The summed E-state index contributed by atoms with van der Waals surface area (Å²) in [6.07, 6.45) is 6.19. The first-order valence-corrected chi connectivity index (χ1v) is 7.67. The van der Waals surface area contributed by atoms with Crippen molar-refractivity contribution in [3.05, 3.63) is 29.2 Å². The summed E-state index contributed by atoms with van der Waals surface area (Å²) in [5, 5.41) is 13.3. The number of hydrogen-bond donors (Lipinski definition) is 1. The Morgan fingerprint density at radius 2 is 2.10 bits per heavy atom. The average Bonchev–Trinajstić information content (AvgIpc) is 3.06. The van der Waals surface area contributed by atoms with Gasteiger partial charge in [-0.05, 0) is 24.3 Å². The predicted molar refractivity (Wildman–Crippen MR) is 79.7 cm³/mol. The lowest BCUT2D eigenvalue weighted by molar-refractivity contribution is 0.0690. The van der Waals surface area contributed by atoms with Crippen LogP contribution in [-0.2, 0) is 6.42 Å². The third kappa shape index (κ3) is 2.77. The summed E-state index contributed by atoms with van der Waals surface area (Å²) < 4.78 is 1.67. The maximum absolute atomic E-state index is 11.1. The summed E-state index contributed by atoms with van der Waals surface area (Å²) in [7, 11) is 0. The van der Waals surface area contributed by atoms with E-state index in [0.717, 1.165) is 23.7 Å². The van der Waals surface area contributed by atoms with Crippen LogP contribution in [-0.4, -0.2) is 25.7 Å². The highest BCUT2D eigenvalue weighted by molar-refractivity contribution is 5.86. The number of aromatic nitrogens is 3. The van der Waals surface area contributed by atoms with E-state index < -0.39 is 5.97 Å². The van der Waals surface area contributed by atoms with Crippen molar-refractivity contribution in [2.24, 2.45) is 5.92 Å². The fourth-order valence-corrected chi connectivity index (χ4v) is 3.18. The van der Waals surface area contributed by atoms with E-state index in [2.05, 4.69) is 30.0 Å². The highest BCUT2D eigenvalue weighted by Gasteiger charge is 2.19. The van der Waals surface area contributed by atoms with Gasteiger partial charge in [0.25, 0.3) is 0 Å². The van der Waals surface area contributed by atoms with E-state index in [1.807, 2.05) is 0 Å². The summed E-state index contributed by atoms with van der Waals surface area (Å²) in [6, 6.07) is 3.65. The van der Waals surface area contributed by atoms with Crippen molar-refractivity contribution in [3.8, 4) is 0 Å². The molecule has 1 N–H and O–H groups in total. The number of hydrogen-bond acceptors (Lipinski definition) is 3. The van der Waals surface area contributed by atoms with Crippen LogP contribution in [0.2, 0.25) is 0 Å². The van der Waals surface area contributed by atoms with Crippen LogP contribution in [0, 0.1) is 5.92 Å². The van der Waals surface area contributed by atoms with Gasteiger partial charge in [0.1, 0.15) is 0 Å². The second-order valence-electron chi connectivity index (χ2n) is 6.29. The van der Waals surface area contributed by atoms with E-state index in [4.69, 9.17) is 5.11 Å². The van der Waals surface area contributed by atoms with Gasteiger partial charge in [0.05, 0.1) is 0 Å². The Hall–Kier alpha value is -1.91. The van der Waals surface area contributed by atoms with Crippen LogP contribution in [0.3, 0.4) is 0 Å². The SMILES string of the molecule is CC(C)c1cc(CC2CCCC2)nc2cc(C(=O)O)nn12. The smallest absolute Gasteiger partial charge is 0.356 e. The van der Waals surface area contributed by atoms with Crippen LogP contribution in [0.15, 0.2) is 12.1 Å². The van der Waals surface area contributed by atoms with Gasteiger partial charge in [-0.1, -0.05) is 39.5 Å². The second kappa shape index (κ2) is 5.47. The lowest BCUT2D eigenvalue weighted by Gasteiger charge is -2.13. The number of aromatic carboxylic acids is 1. The molecule has 5 heteroatoms. The van der Waals surface area contributed by atoms with E-state index in [0.29, 0.717) is 5.65 Å². The quantitative estimate of drug-likeness (QED) is 0.937. The number of nitrogens with zero attached hydrogens (tertiary/aromatic N) is 3. The highest BCUT2D eigenvalue weighted by atomic mass is 16.4. The Kier molecular flexibility index (Phi) is 3.66. The third-order valence-corrected chi connectivity index (χ3v) is 4.29. The molecule has 2 heterocycles. The molecule has 2 aromatic heterocycles. The fourth-order valence-electron chi connectivity index (χ4n) is 3.18. The van der Waals surface area contributed by atoms with Gasteiger partial charge < -0.3 is 5.11 Å². The Morgan fingerprint density at radius 3 is 2.71 bits per heavy atom. The molecule has 0 amide bonds. The van der Waals surface area contributed by atoms with Crippen molar-refractivity contribution in [3.63, 3.8) is 0 Å². The maximum Gasteiger partial charge on any atom is 0.356 e. The molecule has 3 rings (SSSR count). The monoisotopic (exact) mass is 287 g/mol. The van der Waals surface area contributed by atoms with Gasteiger partial charge in [-0.3, -0.25) is 0 Å². The third-order valence-electron chi connectivity index (χ3n) is 4.29. The van der Waals surface area contributed by atoms with E-state index in [9.17, 15) is 4.79 Å². The number of fused-ring (bicyclic) bond motifs is 1. The summed E-state index contributed by atoms with van der Waals surface area (Å²) in [5.41, 5.74) is 2.80. The lowest BCUT2D eigenvalue weighted by atomic mass is 10.00. The zero-order chi connectivity index (χ0) is 15.0. The minimum Gasteiger partial charge on any atom is -0.476 e. The molecule has 0 bridgehead atoms. The average molecular weight is 287 g/mol. The minimum atomic E-state index is -1.01. The second-order valence-corrected chi connectivity index (χ2v) is 6.29. The van der Waals surface area contributed by atoms with E-state index in [1.165, 1.54) is 25.7 Å². The molecule has 112 valence electrons. The first-order valence-electron chi connectivity index (χ1n) is 7.67. The van der Waals surface area contributed by atoms with Crippen LogP contribution in [0.1, 0.15) is 67.3 Å². The normalized spacial score (nSPS) is 16.1. The summed E-state index contributed by atoms with van der Waals surface area (Å²) in [6.45, 7) is 4.19. The summed E-state index contributed by atoms with van der Waals surface area (Å²) in [4.78, 5) is 15.7. The van der Waals surface area contributed by atoms with Gasteiger partial charge >= 0.3 is 5.97 Å². The van der Waals surface area contributed by atoms with Gasteiger partial charge in [-0.25, -0.2) is 14.3 Å². The minimum absolute atomic E-state index is 0.0578. The van der Waals surface area contributed by atoms with E-state index in [-0.39, 0.29) is 11.6 Å². The van der Waals surface area contributed by atoms with Crippen molar-refractivity contribution < 1.29 is 9.90 Å². The zero-order valence-electron chi connectivity index (χ0n) is 12.5. The molecular formula is C16H21N3O2. The Morgan fingerprint density at radius 1 is 1.38 bits per heavy atom. The van der Waals surface area contributed by atoms with Crippen molar-refractivity contribution in [1.29, 1.82) is 0 Å². The molecule has 1 saturated carbocycles. The van der Waals surface area contributed by atoms with Crippen LogP contribution in [0.25, 0.3) is 5.65 Å². The number of rotatable bonds is 4. The molecule has 1 fully saturated rings. The molecule has 1 aliphatic carbocycles. The van der Waals surface area contributed by atoms with Crippen LogP contribution in [0.4, 0.5) is 0 Å². The maximum atomic E-state index is 11.1. The molecule has 0 spiro atoms. The van der Waals surface area contributed by atoms with Gasteiger partial charge in [0, 0.05) is 17.5 Å². The zero-order valence-corrected chi connectivity index (χ0v) is 12.5. The molecule has 21 heavy (non-hydrogen) atoms. The molecular weight excluding hydrogens is 266 g/mol. The fraction of sp³-hybridized carbons (Fsp3) is 0.562. The molecule has 5 nitrogen and oxygen atoms in total. The molecule has 1 aliphatic rings. The van der Waals surface area contributed by atoms with Crippen molar-refractivity contribution in [2.45, 2.75) is 51.9 Å². The van der Waals surface area contributed by atoms with Gasteiger partial charge in [0.2, 0.25) is 0 Å². The Labute approximate surface area is 124 Å². The lowest BCUT2D eigenvalue weighted by Crippen LogP contribution is -2.08. The molecule has 0 unspecified atom stereocenters. The van der Waals surface area contributed by atoms with E-state index >= 15 is 0 Å². The van der Waals surface area contributed by atoms with Crippen molar-refractivity contribution in [2.75, 3.05) is 0 Å². The van der Waals surface area contributed by atoms with Gasteiger partial charge in [0.15, 0.2) is 11.3 Å². The van der Waals surface area contributed by atoms with Gasteiger partial charge in [-0.15, -0.1) is 0 Å². The standard InChI is InChI=1S/C16H21N3O2/c1-10(2)14-8-12(7-11-5-3-4-6-11)17-15-9-13(16(20)21)18-19(14)15/h8-11H,3-7H2,1-2H3,(H,20,21). The number of carboxylic acid groups (broad SMARTS) is 1. The van der Waals surface area contributed by atoms with E-state index in [1.54, 1.807) is 10.6 Å². The predicted octanol–water partition coefficient (Wildman–Crippen LogP) is 3.28. The molecule has 0 aliphatic heterocycles. The Bertz CT molecular complexity index is 669. The molecule has 0 aromatic carbocycles.